The molecule has 0 aromatic heterocycles. The molecule has 4 aromatic rings. The zero-order chi connectivity index (χ0) is 32.4. The minimum Gasteiger partial charge on any atom is -0.497 e. The molecule has 8 nitrogen and oxygen atoms in total. The van der Waals surface area contributed by atoms with E-state index in [1.165, 1.54) is 17.0 Å². The quantitative estimate of drug-likeness (QED) is 0.192. The molecule has 236 valence electrons. The van der Waals surface area contributed by atoms with Gasteiger partial charge in [-0.2, -0.15) is 0 Å². The van der Waals surface area contributed by atoms with Crippen molar-refractivity contribution < 1.29 is 22.7 Å². The van der Waals surface area contributed by atoms with E-state index in [1.54, 1.807) is 55.6 Å². The number of benzene rings is 4. The number of hydrogen-bond acceptors (Lipinski definition) is 5. The smallest absolute Gasteiger partial charge is 0.264 e. The molecule has 0 aliphatic carbocycles. The Morgan fingerprint density at radius 2 is 1.47 bits per heavy atom. The number of para-hydroxylation sites is 1. The fourth-order valence-corrected chi connectivity index (χ4v) is 6.34. The summed E-state index contributed by atoms with van der Waals surface area (Å²) in [4.78, 5) is 30.0. The van der Waals surface area contributed by atoms with E-state index in [1.807, 2.05) is 69.3 Å². The van der Waals surface area contributed by atoms with Crippen molar-refractivity contribution in [2.45, 2.75) is 57.1 Å². The predicted molar refractivity (Wildman–Crippen MR) is 178 cm³/mol. The molecule has 4 rings (SSSR count). The van der Waals surface area contributed by atoms with Crippen molar-refractivity contribution in [3.05, 3.63) is 126 Å². The highest BCUT2D eigenvalue weighted by atomic mass is 32.2. The van der Waals surface area contributed by atoms with Crippen LogP contribution in [-0.4, -0.2) is 50.9 Å². The molecule has 0 saturated carbocycles. The number of sulfonamides is 1. The third-order valence-electron chi connectivity index (χ3n) is 7.69. The highest BCUT2D eigenvalue weighted by Gasteiger charge is 2.35. The summed E-state index contributed by atoms with van der Waals surface area (Å²) in [5.41, 5.74) is 2.87. The molecule has 0 heterocycles. The van der Waals surface area contributed by atoms with Crippen molar-refractivity contribution in [3.63, 3.8) is 0 Å². The van der Waals surface area contributed by atoms with E-state index < -0.39 is 28.5 Å². The van der Waals surface area contributed by atoms with Crippen molar-refractivity contribution in [1.82, 2.24) is 10.2 Å². The van der Waals surface area contributed by atoms with Crippen LogP contribution < -0.4 is 14.4 Å². The Bertz CT molecular complexity index is 1660. The van der Waals surface area contributed by atoms with Gasteiger partial charge in [0, 0.05) is 19.0 Å². The van der Waals surface area contributed by atoms with Crippen molar-refractivity contribution in [1.29, 1.82) is 0 Å². The standard InChI is InChI=1S/C36H41N3O5S/c1-5-28(3)37-36(41)34(24-29-13-8-6-9-14-29)38(25-30-15-12-18-32(23-30)44-4)35(40)26-39(31-16-10-7-11-17-31)45(42,43)33-21-19-27(2)20-22-33/h6-23,28,34H,5,24-26H2,1-4H3,(H,37,41)/t28-,34-/m1/s1. The van der Waals surface area contributed by atoms with Gasteiger partial charge < -0.3 is 15.0 Å². The van der Waals surface area contributed by atoms with Gasteiger partial charge in [0.15, 0.2) is 0 Å². The second-order valence-corrected chi connectivity index (χ2v) is 12.9. The Labute approximate surface area is 266 Å². The van der Waals surface area contributed by atoms with E-state index in [0.29, 0.717) is 17.9 Å². The summed E-state index contributed by atoms with van der Waals surface area (Å²) in [6.07, 6.45) is 0.957. The van der Waals surface area contributed by atoms with E-state index in [9.17, 15) is 18.0 Å². The van der Waals surface area contributed by atoms with Crippen LogP contribution in [0.5, 0.6) is 5.75 Å². The number of nitrogens with one attached hydrogen (secondary N) is 1. The van der Waals surface area contributed by atoms with Gasteiger partial charge in [0.25, 0.3) is 10.0 Å². The monoisotopic (exact) mass is 627 g/mol. The Morgan fingerprint density at radius 3 is 2.09 bits per heavy atom. The largest absolute Gasteiger partial charge is 0.497 e. The Hall–Kier alpha value is -4.63. The summed E-state index contributed by atoms with van der Waals surface area (Å²) >= 11 is 0. The average molecular weight is 628 g/mol. The highest BCUT2D eigenvalue weighted by molar-refractivity contribution is 7.92. The molecule has 45 heavy (non-hydrogen) atoms. The zero-order valence-electron chi connectivity index (χ0n) is 26.2. The number of carbonyl (C=O) groups excluding carboxylic acids is 2. The second kappa shape index (κ2) is 15.4. The molecular formula is C36H41N3O5S. The number of amides is 2. The first-order valence-electron chi connectivity index (χ1n) is 15.0. The fourth-order valence-electron chi connectivity index (χ4n) is 4.92. The molecule has 1 N–H and O–H groups in total. The number of methoxy groups -OCH3 is 1. The van der Waals surface area contributed by atoms with Gasteiger partial charge in [-0.15, -0.1) is 0 Å². The van der Waals surface area contributed by atoms with E-state index in [0.717, 1.165) is 21.0 Å². The van der Waals surface area contributed by atoms with Crippen LogP contribution in [0, 0.1) is 6.92 Å². The topological polar surface area (TPSA) is 96.0 Å². The molecule has 0 spiro atoms. The van der Waals surface area contributed by atoms with Crippen LogP contribution in [-0.2, 0) is 32.6 Å². The molecule has 0 radical (unpaired) electrons. The molecule has 9 heteroatoms. The molecule has 0 bridgehead atoms. The number of aryl methyl sites for hydroxylation is 1. The van der Waals surface area contributed by atoms with Gasteiger partial charge in [-0.05, 0) is 67.8 Å². The van der Waals surface area contributed by atoms with Crippen molar-refractivity contribution in [3.8, 4) is 5.75 Å². The summed E-state index contributed by atoms with van der Waals surface area (Å²) in [7, 11) is -2.58. The first-order chi connectivity index (χ1) is 21.6. The minimum atomic E-state index is -4.15. The third-order valence-corrected chi connectivity index (χ3v) is 9.48. The van der Waals surface area contributed by atoms with E-state index in [-0.39, 0.29) is 29.8 Å². The van der Waals surface area contributed by atoms with Crippen LogP contribution in [0.1, 0.15) is 37.0 Å². The summed E-state index contributed by atoms with van der Waals surface area (Å²) in [6.45, 7) is 5.32. The van der Waals surface area contributed by atoms with Gasteiger partial charge in [0.1, 0.15) is 18.3 Å². The van der Waals surface area contributed by atoms with Gasteiger partial charge >= 0.3 is 0 Å². The van der Waals surface area contributed by atoms with Crippen LogP contribution in [0.4, 0.5) is 5.69 Å². The highest BCUT2D eigenvalue weighted by Crippen LogP contribution is 2.25. The van der Waals surface area contributed by atoms with Crippen LogP contribution in [0.3, 0.4) is 0 Å². The molecular weight excluding hydrogens is 586 g/mol. The van der Waals surface area contributed by atoms with Crippen molar-refractivity contribution in [2.24, 2.45) is 0 Å². The van der Waals surface area contributed by atoms with Gasteiger partial charge in [0.05, 0.1) is 17.7 Å². The number of nitrogens with zero attached hydrogens (tertiary/aromatic N) is 2. The second-order valence-electron chi connectivity index (χ2n) is 11.1. The Balaban J connectivity index is 1.80. The maximum atomic E-state index is 14.5. The van der Waals surface area contributed by atoms with Crippen LogP contribution >= 0.6 is 0 Å². The summed E-state index contributed by atoms with van der Waals surface area (Å²) in [6, 6.07) is 30.8. The van der Waals surface area contributed by atoms with Crippen molar-refractivity contribution >= 4 is 27.5 Å². The first-order valence-corrected chi connectivity index (χ1v) is 16.5. The van der Waals surface area contributed by atoms with E-state index in [4.69, 9.17) is 4.74 Å². The summed E-state index contributed by atoms with van der Waals surface area (Å²) < 4.78 is 34.7. The zero-order valence-corrected chi connectivity index (χ0v) is 27.0. The molecule has 2 amide bonds. The number of rotatable bonds is 14. The van der Waals surface area contributed by atoms with Gasteiger partial charge in [-0.25, -0.2) is 8.42 Å². The lowest BCUT2D eigenvalue weighted by Crippen LogP contribution is -2.54. The lowest BCUT2D eigenvalue weighted by atomic mass is 10.0. The average Bonchev–Trinajstić information content (AvgIpc) is 3.06. The van der Waals surface area contributed by atoms with Gasteiger partial charge in [0.2, 0.25) is 11.8 Å². The molecule has 0 fully saturated rings. The van der Waals surface area contributed by atoms with Crippen LogP contribution in [0.2, 0.25) is 0 Å². The lowest BCUT2D eigenvalue weighted by Gasteiger charge is -2.34. The molecule has 0 aliphatic rings. The third kappa shape index (κ3) is 8.73. The molecule has 0 unspecified atom stereocenters. The number of anilines is 1. The predicted octanol–water partition coefficient (Wildman–Crippen LogP) is 5.75. The molecule has 2 atom stereocenters. The van der Waals surface area contributed by atoms with E-state index in [2.05, 4.69) is 5.32 Å². The number of hydrogen-bond donors (Lipinski definition) is 1. The molecule has 0 saturated heterocycles. The molecule has 0 aliphatic heterocycles. The minimum absolute atomic E-state index is 0.0642. The van der Waals surface area contributed by atoms with Crippen LogP contribution in [0.25, 0.3) is 0 Å². The SMILES string of the molecule is CC[C@@H](C)NC(=O)[C@@H](Cc1ccccc1)N(Cc1cccc(OC)c1)C(=O)CN(c1ccccc1)S(=O)(=O)c1ccc(C)cc1. The normalized spacial score (nSPS) is 12.5. The Morgan fingerprint density at radius 1 is 0.844 bits per heavy atom. The number of carbonyl (C=O) groups is 2. The Kier molecular flexibility index (Phi) is 11.4. The maximum absolute atomic E-state index is 14.5. The maximum Gasteiger partial charge on any atom is 0.264 e. The lowest BCUT2D eigenvalue weighted by molar-refractivity contribution is -0.140. The summed E-state index contributed by atoms with van der Waals surface area (Å²) in [5.74, 6) is -0.217. The molecule has 4 aromatic carbocycles. The first kappa shape index (κ1) is 33.3. The summed E-state index contributed by atoms with van der Waals surface area (Å²) in [5, 5.41) is 3.05. The number of ether oxygens (including phenoxy) is 1. The van der Waals surface area contributed by atoms with Crippen molar-refractivity contribution in [2.75, 3.05) is 18.0 Å². The van der Waals surface area contributed by atoms with Gasteiger partial charge in [-0.1, -0.05) is 85.3 Å². The fraction of sp³-hybridized carbons (Fsp3) is 0.278. The van der Waals surface area contributed by atoms with Gasteiger partial charge in [-0.3, -0.25) is 13.9 Å². The van der Waals surface area contributed by atoms with Crippen LogP contribution in [0.15, 0.2) is 114 Å². The van der Waals surface area contributed by atoms with E-state index >= 15 is 0 Å².